The lowest BCUT2D eigenvalue weighted by Gasteiger charge is -2.33. The van der Waals surface area contributed by atoms with Crippen LogP contribution in [0, 0.1) is 11.8 Å². The Morgan fingerprint density at radius 2 is 1.74 bits per heavy atom. The molecule has 3 rings (SSSR count). The van der Waals surface area contributed by atoms with E-state index in [4.69, 9.17) is 9.47 Å². The number of carbonyl (C=O) groups is 4. The maximum absolute atomic E-state index is 12.8. The topological polar surface area (TPSA) is 105 Å². The van der Waals surface area contributed by atoms with Crippen LogP contribution in [0.2, 0.25) is 0 Å². The molecule has 34 heavy (non-hydrogen) atoms. The second kappa shape index (κ2) is 10.9. The highest BCUT2D eigenvalue weighted by molar-refractivity contribution is 5.94. The first-order chi connectivity index (χ1) is 16.1. The summed E-state index contributed by atoms with van der Waals surface area (Å²) in [6.07, 6.45) is 1.09. The number of likely N-dealkylation sites (tertiary alicyclic amines) is 2. The van der Waals surface area contributed by atoms with E-state index in [9.17, 15) is 19.2 Å². The van der Waals surface area contributed by atoms with E-state index in [0.29, 0.717) is 43.4 Å². The third-order valence-electron chi connectivity index (χ3n) is 6.34. The first kappa shape index (κ1) is 25.5. The Hall–Kier alpha value is -3.10. The Morgan fingerprint density at radius 1 is 1.09 bits per heavy atom. The van der Waals surface area contributed by atoms with Crippen molar-refractivity contribution < 1.29 is 28.7 Å². The van der Waals surface area contributed by atoms with Crippen molar-refractivity contribution in [3.8, 4) is 5.75 Å². The van der Waals surface area contributed by atoms with E-state index in [0.717, 1.165) is 12.8 Å². The second-order valence-corrected chi connectivity index (χ2v) is 9.87. The number of benzene rings is 1. The van der Waals surface area contributed by atoms with Gasteiger partial charge in [-0.1, -0.05) is 0 Å². The molecule has 9 heteroatoms. The summed E-state index contributed by atoms with van der Waals surface area (Å²) >= 11 is 0. The van der Waals surface area contributed by atoms with E-state index >= 15 is 0 Å². The zero-order chi connectivity index (χ0) is 24.9. The lowest BCUT2D eigenvalue weighted by Crippen LogP contribution is -2.44. The monoisotopic (exact) mass is 473 g/mol. The lowest BCUT2D eigenvalue weighted by molar-refractivity contribution is -0.132. The Bertz CT molecular complexity index is 900. The van der Waals surface area contributed by atoms with Crippen LogP contribution in [0.25, 0.3) is 0 Å². The Labute approximate surface area is 200 Å². The SMILES string of the molecule is CCOC(=O)Oc1ccc(C(=O)N2CCC(CNC(=O)C3CC(=O)N(C(C)(C)C)C3)CC2)cc1. The van der Waals surface area contributed by atoms with Gasteiger partial charge in [-0.3, -0.25) is 14.4 Å². The summed E-state index contributed by atoms with van der Waals surface area (Å²) in [7, 11) is 0. The quantitative estimate of drug-likeness (QED) is 0.503. The normalized spacial score (nSPS) is 19.2. The van der Waals surface area contributed by atoms with Crippen molar-refractivity contribution in [2.24, 2.45) is 11.8 Å². The van der Waals surface area contributed by atoms with Crippen LogP contribution in [0.15, 0.2) is 24.3 Å². The highest BCUT2D eigenvalue weighted by Gasteiger charge is 2.39. The first-order valence-corrected chi connectivity index (χ1v) is 11.9. The number of piperidine rings is 1. The predicted molar refractivity (Wildman–Crippen MR) is 125 cm³/mol. The number of carbonyl (C=O) groups excluding carboxylic acids is 4. The molecule has 0 spiro atoms. The smallest absolute Gasteiger partial charge is 0.434 e. The van der Waals surface area contributed by atoms with Crippen molar-refractivity contribution in [2.75, 3.05) is 32.8 Å². The summed E-state index contributed by atoms with van der Waals surface area (Å²) < 4.78 is 9.75. The number of nitrogens with zero attached hydrogens (tertiary/aromatic N) is 2. The Kier molecular flexibility index (Phi) is 8.17. The number of rotatable bonds is 6. The fourth-order valence-electron chi connectivity index (χ4n) is 4.35. The second-order valence-electron chi connectivity index (χ2n) is 9.87. The molecule has 2 aliphatic rings. The summed E-state index contributed by atoms with van der Waals surface area (Å²) in [5, 5.41) is 3.02. The molecule has 0 bridgehead atoms. The Morgan fingerprint density at radius 3 is 2.29 bits per heavy atom. The van der Waals surface area contributed by atoms with Gasteiger partial charge in [0.15, 0.2) is 0 Å². The van der Waals surface area contributed by atoms with Crippen molar-refractivity contribution in [1.29, 1.82) is 0 Å². The molecule has 1 atom stereocenters. The minimum Gasteiger partial charge on any atom is -0.434 e. The molecule has 0 saturated carbocycles. The average molecular weight is 474 g/mol. The molecule has 0 aliphatic carbocycles. The van der Waals surface area contributed by atoms with Gasteiger partial charge >= 0.3 is 6.16 Å². The maximum atomic E-state index is 12.8. The molecular formula is C25H35N3O6. The van der Waals surface area contributed by atoms with E-state index in [1.165, 1.54) is 0 Å². The van der Waals surface area contributed by atoms with Crippen LogP contribution in [-0.2, 0) is 14.3 Å². The van der Waals surface area contributed by atoms with Gasteiger partial charge in [-0.25, -0.2) is 4.79 Å². The van der Waals surface area contributed by atoms with Gasteiger partial charge in [-0.05, 0) is 70.7 Å². The Balaban J connectivity index is 1.42. The molecule has 3 amide bonds. The fraction of sp³-hybridized carbons (Fsp3) is 0.600. The zero-order valence-corrected chi connectivity index (χ0v) is 20.5. The van der Waals surface area contributed by atoms with E-state index in [-0.39, 0.29) is 42.2 Å². The van der Waals surface area contributed by atoms with Gasteiger partial charge < -0.3 is 24.6 Å². The van der Waals surface area contributed by atoms with E-state index in [1.54, 1.807) is 41.0 Å². The summed E-state index contributed by atoms with van der Waals surface area (Å²) in [4.78, 5) is 52.6. The molecule has 1 unspecified atom stereocenters. The molecule has 2 saturated heterocycles. The van der Waals surface area contributed by atoms with Crippen molar-refractivity contribution in [1.82, 2.24) is 15.1 Å². The van der Waals surface area contributed by atoms with Gasteiger partial charge in [0.2, 0.25) is 11.8 Å². The van der Waals surface area contributed by atoms with Crippen molar-refractivity contribution in [3.05, 3.63) is 29.8 Å². The molecule has 9 nitrogen and oxygen atoms in total. The standard InChI is InChI=1S/C25H35N3O6/c1-5-33-24(32)34-20-8-6-18(7-9-20)23(31)27-12-10-17(11-13-27)15-26-22(30)19-14-21(29)28(16-19)25(2,3)4/h6-9,17,19H,5,10-16H2,1-4H3,(H,26,30). The van der Waals surface area contributed by atoms with E-state index in [2.05, 4.69) is 5.32 Å². The predicted octanol–water partition coefficient (Wildman–Crippen LogP) is 2.84. The molecular weight excluding hydrogens is 438 g/mol. The molecule has 186 valence electrons. The molecule has 2 heterocycles. The summed E-state index contributed by atoms with van der Waals surface area (Å²) in [5.74, 6) is 0.202. The van der Waals surface area contributed by atoms with E-state index in [1.807, 2.05) is 20.8 Å². The van der Waals surface area contributed by atoms with Crippen molar-refractivity contribution in [2.45, 2.75) is 52.5 Å². The largest absolute Gasteiger partial charge is 0.513 e. The van der Waals surface area contributed by atoms with Crippen LogP contribution in [-0.4, -0.2) is 72.0 Å². The molecule has 2 aliphatic heterocycles. The van der Waals surface area contributed by atoms with Gasteiger partial charge in [-0.2, -0.15) is 0 Å². The fourth-order valence-corrected chi connectivity index (χ4v) is 4.35. The first-order valence-electron chi connectivity index (χ1n) is 11.9. The van der Waals surface area contributed by atoms with Crippen LogP contribution >= 0.6 is 0 Å². The van der Waals surface area contributed by atoms with Crippen molar-refractivity contribution >= 4 is 23.9 Å². The van der Waals surface area contributed by atoms with Crippen LogP contribution in [0.3, 0.4) is 0 Å². The summed E-state index contributed by atoms with van der Waals surface area (Å²) in [6, 6.07) is 6.40. The number of nitrogens with one attached hydrogen (secondary N) is 1. The number of hydrogen-bond donors (Lipinski definition) is 1. The molecule has 1 aromatic rings. The van der Waals surface area contributed by atoms with Crippen LogP contribution in [0.5, 0.6) is 5.75 Å². The zero-order valence-electron chi connectivity index (χ0n) is 20.5. The number of amides is 3. The van der Waals surface area contributed by atoms with Crippen molar-refractivity contribution in [3.63, 3.8) is 0 Å². The maximum Gasteiger partial charge on any atom is 0.513 e. The molecule has 0 radical (unpaired) electrons. The summed E-state index contributed by atoms with van der Waals surface area (Å²) in [6.45, 7) is 10.1. The van der Waals surface area contributed by atoms with Gasteiger partial charge in [0.1, 0.15) is 5.75 Å². The van der Waals surface area contributed by atoms with Gasteiger partial charge in [0, 0.05) is 43.7 Å². The van der Waals surface area contributed by atoms with Gasteiger partial charge in [0.05, 0.1) is 12.5 Å². The number of ether oxygens (including phenoxy) is 2. The summed E-state index contributed by atoms with van der Waals surface area (Å²) in [5.41, 5.74) is 0.247. The molecule has 1 N–H and O–H groups in total. The van der Waals surface area contributed by atoms with Crippen LogP contribution in [0.4, 0.5) is 4.79 Å². The van der Waals surface area contributed by atoms with Gasteiger partial charge in [0.25, 0.3) is 5.91 Å². The van der Waals surface area contributed by atoms with Crippen LogP contribution < -0.4 is 10.1 Å². The third-order valence-corrected chi connectivity index (χ3v) is 6.34. The molecule has 1 aromatic carbocycles. The minimum atomic E-state index is -0.776. The molecule has 0 aromatic heterocycles. The number of hydrogen-bond acceptors (Lipinski definition) is 6. The van der Waals surface area contributed by atoms with E-state index < -0.39 is 6.16 Å². The highest BCUT2D eigenvalue weighted by Crippen LogP contribution is 2.26. The average Bonchev–Trinajstić information content (AvgIpc) is 3.20. The van der Waals surface area contributed by atoms with Gasteiger partial charge in [-0.15, -0.1) is 0 Å². The van der Waals surface area contributed by atoms with Crippen LogP contribution in [0.1, 0.15) is 57.3 Å². The third kappa shape index (κ3) is 6.48. The highest BCUT2D eigenvalue weighted by atomic mass is 16.7. The molecule has 2 fully saturated rings. The minimum absolute atomic E-state index is 0.0277. The lowest BCUT2D eigenvalue weighted by atomic mass is 9.95.